The van der Waals surface area contributed by atoms with Crippen LogP contribution in [0.2, 0.25) is 0 Å². The topological polar surface area (TPSA) is 58.2 Å². The molecule has 4 rings (SSSR count). The molecule has 5 heteroatoms. The van der Waals surface area contributed by atoms with E-state index in [1.807, 2.05) is 44.3 Å². The van der Waals surface area contributed by atoms with Crippen LogP contribution >= 0.6 is 0 Å². The molecule has 0 bridgehead atoms. The predicted molar refractivity (Wildman–Crippen MR) is 106 cm³/mol. The van der Waals surface area contributed by atoms with Crippen molar-refractivity contribution in [2.45, 2.75) is 32.7 Å². The summed E-state index contributed by atoms with van der Waals surface area (Å²) in [4.78, 5) is 14.7. The van der Waals surface area contributed by atoms with Crippen molar-refractivity contribution in [3.8, 4) is 5.75 Å². The molecule has 0 atom stereocenters. The smallest absolute Gasteiger partial charge is 0.254 e. The van der Waals surface area contributed by atoms with Crippen LogP contribution in [-0.2, 0) is 13.0 Å². The number of fused-ring (bicyclic) bond motifs is 1. The molecule has 0 aliphatic heterocycles. The maximum absolute atomic E-state index is 13.0. The van der Waals surface area contributed by atoms with Gasteiger partial charge in [-0.3, -0.25) is 9.89 Å². The Morgan fingerprint density at radius 2 is 2.11 bits per heavy atom. The summed E-state index contributed by atoms with van der Waals surface area (Å²) >= 11 is 0. The number of aromatic amines is 1. The van der Waals surface area contributed by atoms with Gasteiger partial charge in [0.15, 0.2) is 0 Å². The number of rotatable bonds is 7. The molecule has 1 heterocycles. The monoisotopic (exact) mass is 363 g/mol. The molecule has 0 spiro atoms. The number of carbonyl (C=O) groups is 1. The van der Waals surface area contributed by atoms with Crippen molar-refractivity contribution in [2.75, 3.05) is 13.7 Å². The maximum atomic E-state index is 13.0. The third kappa shape index (κ3) is 3.82. The summed E-state index contributed by atoms with van der Waals surface area (Å²) in [5, 5.41) is 8.17. The van der Waals surface area contributed by atoms with Crippen LogP contribution in [0.5, 0.6) is 5.75 Å². The predicted octanol–water partition coefficient (Wildman–Crippen LogP) is 4.19. The number of hydrogen-bond acceptors (Lipinski definition) is 3. The van der Waals surface area contributed by atoms with E-state index >= 15 is 0 Å². The van der Waals surface area contributed by atoms with E-state index in [0.717, 1.165) is 34.6 Å². The quantitative estimate of drug-likeness (QED) is 0.685. The summed E-state index contributed by atoms with van der Waals surface area (Å²) in [6, 6.07) is 11.9. The van der Waals surface area contributed by atoms with E-state index in [0.29, 0.717) is 18.7 Å². The van der Waals surface area contributed by atoms with Gasteiger partial charge in [-0.15, -0.1) is 0 Å². The molecular formula is C22H25N3O2. The molecule has 140 valence electrons. The molecule has 1 N–H and O–H groups in total. The minimum Gasteiger partial charge on any atom is -0.494 e. The van der Waals surface area contributed by atoms with Gasteiger partial charge in [-0.05, 0) is 55.4 Å². The van der Waals surface area contributed by atoms with Crippen molar-refractivity contribution in [3.63, 3.8) is 0 Å². The Kier molecular flexibility index (Phi) is 4.84. The van der Waals surface area contributed by atoms with Crippen molar-refractivity contribution >= 4 is 16.8 Å². The first-order valence-corrected chi connectivity index (χ1v) is 9.58. The lowest BCUT2D eigenvalue weighted by atomic mass is 10.0. The van der Waals surface area contributed by atoms with Gasteiger partial charge in [-0.1, -0.05) is 24.3 Å². The second kappa shape index (κ2) is 7.43. The van der Waals surface area contributed by atoms with Gasteiger partial charge >= 0.3 is 0 Å². The minimum absolute atomic E-state index is 0.00885. The van der Waals surface area contributed by atoms with Crippen molar-refractivity contribution in [2.24, 2.45) is 5.92 Å². The molecule has 2 aromatic carbocycles. The number of para-hydroxylation sites is 1. The number of carbonyl (C=O) groups excluding carboxylic acids is 1. The second-order valence-corrected chi connectivity index (χ2v) is 7.32. The largest absolute Gasteiger partial charge is 0.494 e. The molecule has 1 aliphatic carbocycles. The molecule has 1 fully saturated rings. The van der Waals surface area contributed by atoms with Crippen molar-refractivity contribution in [1.29, 1.82) is 0 Å². The van der Waals surface area contributed by atoms with E-state index in [1.165, 1.54) is 18.4 Å². The molecule has 1 saturated carbocycles. The van der Waals surface area contributed by atoms with Crippen molar-refractivity contribution in [1.82, 2.24) is 15.1 Å². The van der Waals surface area contributed by atoms with Crippen molar-refractivity contribution < 1.29 is 9.53 Å². The normalized spacial score (nSPS) is 13.7. The number of hydrogen-bond donors (Lipinski definition) is 1. The van der Waals surface area contributed by atoms with Gasteiger partial charge < -0.3 is 9.64 Å². The van der Waals surface area contributed by atoms with Crippen LogP contribution in [0.4, 0.5) is 0 Å². The molecule has 1 aromatic heterocycles. The average molecular weight is 363 g/mol. The highest BCUT2D eigenvalue weighted by Gasteiger charge is 2.24. The van der Waals surface area contributed by atoms with E-state index in [1.54, 1.807) is 11.1 Å². The Morgan fingerprint density at radius 3 is 2.89 bits per heavy atom. The molecule has 0 saturated heterocycles. The van der Waals surface area contributed by atoms with Crippen LogP contribution in [-0.4, -0.2) is 34.7 Å². The third-order valence-electron chi connectivity index (χ3n) is 5.14. The zero-order valence-corrected chi connectivity index (χ0v) is 15.9. The Labute approximate surface area is 159 Å². The fraction of sp³-hybridized carbons (Fsp3) is 0.364. The lowest BCUT2D eigenvalue weighted by molar-refractivity contribution is 0.0785. The average Bonchev–Trinajstić information content (AvgIpc) is 3.35. The Hall–Kier alpha value is -2.82. The molecule has 27 heavy (non-hydrogen) atoms. The Morgan fingerprint density at radius 1 is 1.26 bits per heavy atom. The van der Waals surface area contributed by atoms with Gasteiger partial charge in [0.1, 0.15) is 5.75 Å². The summed E-state index contributed by atoms with van der Waals surface area (Å²) in [7, 11) is 1.83. The van der Waals surface area contributed by atoms with Gasteiger partial charge in [-0.25, -0.2) is 0 Å². The molecule has 0 unspecified atom stereocenters. The van der Waals surface area contributed by atoms with Crippen LogP contribution < -0.4 is 4.74 Å². The number of aromatic nitrogens is 2. The lowest BCUT2D eigenvalue weighted by Gasteiger charge is -2.19. The molecule has 1 aliphatic rings. The van der Waals surface area contributed by atoms with E-state index in [4.69, 9.17) is 4.74 Å². The summed E-state index contributed by atoms with van der Waals surface area (Å²) in [6.07, 6.45) is 5.44. The summed E-state index contributed by atoms with van der Waals surface area (Å²) in [5.41, 5.74) is 3.90. The number of H-pyrrole nitrogens is 1. The summed E-state index contributed by atoms with van der Waals surface area (Å²) in [6.45, 7) is 3.10. The summed E-state index contributed by atoms with van der Waals surface area (Å²) in [5.74, 6) is 1.62. The third-order valence-corrected chi connectivity index (χ3v) is 5.14. The zero-order chi connectivity index (χ0) is 18.8. The SMILES string of the molecule is CCOc1cc(C(=O)N(C)Cc2cccc3cn[nH]c23)ccc1CC1CC1. The highest BCUT2D eigenvalue weighted by Crippen LogP contribution is 2.35. The maximum Gasteiger partial charge on any atom is 0.254 e. The number of amides is 1. The van der Waals surface area contributed by atoms with Gasteiger partial charge in [0.2, 0.25) is 0 Å². The van der Waals surface area contributed by atoms with Crippen LogP contribution in [0.15, 0.2) is 42.6 Å². The molecule has 5 nitrogen and oxygen atoms in total. The van der Waals surface area contributed by atoms with E-state index in [-0.39, 0.29) is 5.91 Å². The lowest BCUT2D eigenvalue weighted by Crippen LogP contribution is -2.26. The second-order valence-electron chi connectivity index (χ2n) is 7.32. The van der Waals surface area contributed by atoms with E-state index < -0.39 is 0 Å². The zero-order valence-electron chi connectivity index (χ0n) is 15.9. The molecular weight excluding hydrogens is 338 g/mol. The molecule has 3 aromatic rings. The highest BCUT2D eigenvalue weighted by atomic mass is 16.5. The fourth-order valence-corrected chi connectivity index (χ4v) is 3.49. The Bertz CT molecular complexity index is 959. The van der Waals surface area contributed by atoms with E-state index in [9.17, 15) is 4.79 Å². The number of nitrogens with one attached hydrogen (secondary N) is 1. The Balaban J connectivity index is 1.54. The van der Waals surface area contributed by atoms with Gasteiger partial charge in [0, 0.05) is 24.5 Å². The first-order chi connectivity index (χ1) is 13.2. The van der Waals surface area contributed by atoms with E-state index in [2.05, 4.69) is 16.3 Å². The fourth-order valence-electron chi connectivity index (χ4n) is 3.49. The number of ether oxygens (including phenoxy) is 1. The van der Waals surface area contributed by atoms with Crippen LogP contribution in [0.3, 0.4) is 0 Å². The van der Waals surface area contributed by atoms with Gasteiger partial charge in [-0.2, -0.15) is 5.10 Å². The van der Waals surface area contributed by atoms with Crippen molar-refractivity contribution in [3.05, 3.63) is 59.3 Å². The minimum atomic E-state index is -0.00885. The van der Waals surface area contributed by atoms with Gasteiger partial charge in [0.25, 0.3) is 5.91 Å². The number of benzene rings is 2. The molecule has 1 amide bonds. The first kappa shape index (κ1) is 17.6. The molecule has 0 radical (unpaired) electrons. The number of nitrogens with zero attached hydrogens (tertiary/aromatic N) is 2. The highest BCUT2D eigenvalue weighted by molar-refractivity contribution is 5.95. The van der Waals surface area contributed by atoms with Crippen LogP contribution in [0.1, 0.15) is 41.3 Å². The van der Waals surface area contributed by atoms with Crippen LogP contribution in [0.25, 0.3) is 10.9 Å². The first-order valence-electron chi connectivity index (χ1n) is 9.58. The summed E-state index contributed by atoms with van der Waals surface area (Å²) < 4.78 is 5.82. The standard InChI is InChI=1S/C22H25N3O2/c1-3-27-20-12-17(10-9-16(20)11-15-7-8-15)22(26)25(2)14-19-6-4-5-18-13-23-24-21(18)19/h4-6,9-10,12-13,15H,3,7-8,11,14H2,1-2H3,(H,23,24). The van der Waals surface area contributed by atoms with Gasteiger partial charge in [0.05, 0.1) is 18.3 Å². The van der Waals surface area contributed by atoms with Crippen LogP contribution in [0, 0.1) is 5.92 Å².